The summed E-state index contributed by atoms with van der Waals surface area (Å²) in [7, 11) is 0. The predicted molar refractivity (Wildman–Crippen MR) is 42.3 cm³/mol. The second-order valence-corrected chi connectivity index (χ2v) is 3.06. The van der Waals surface area contributed by atoms with Crippen LogP contribution in [0.3, 0.4) is 0 Å². The van der Waals surface area contributed by atoms with Crippen molar-refractivity contribution in [2.45, 2.75) is 0 Å². The average molecular weight is 169 g/mol. The van der Waals surface area contributed by atoms with E-state index >= 15 is 0 Å². The molecule has 0 radical (unpaired) electrons. The van der Waals surface area contributed by atoms with Gasteiger partial charge in [0.05, 0.1) is 5.03 Å². The van der Waals surface area contributed by atoms with Crippen LogP contribution in [-0.4, -0.2) is 18.2 Å². The van der Waals surface area contributed by atoms with E-state index in [1.807, 2.05) is 0 Å². The molecule has 0 bridgehead atoms. The van der Waals surface area contributed by atoms with Crippen LogP contribution in [0.5, 0.6) is 0 Å². The molecule has 1 aliphatic rings. The lowest BCUT2D eigenvalue weighted by atomic mass is 10.3. The first-order valence-corrected chi connectivity index (χ1v) is 4.05. The van der Waals surface area contributed by atoms with Gasteiger partial charge in [-0.3, -0.25) is 4.79 Å². The molecule has 1 heterocycles. The molecule has 0 unspecified atom stereocenters. The Morgan fingerprint density at radius 3 is 2.91 bits per heavy atom. The molecule has 0 aromatic rings. The Kier molecular flexibility index (Phi) is 2.39. The number of carbonyl (C=O) groups is 1. The monoisotopic (exact) mass is 169 g/mol. The zero-order chi connectivity index (χ0) is 8.27. The van der Waals surface area contributed by atoms with Crippen LogP contribution in [-0.2, 0) is 4.79 Å². The summed E-state index contributed by atoms with van der Waals surface area (Å²) < 4.78 is 0. The highest BCUT2D eigenvalue weighted by Gasteiger charge is 2.15. The maximum atomic E-state index is 10.6. The van der Waals surface area contributed by atoms with Crippen molar-refractivity contribution in [2.75, 3.05) is 12.3 Å². The molecule has 1 fully saturated rings. The van der Waals surface area contributed by atoms with E-state index in [2.05, 4.69) is 5.32 Å². The predicted octanol–water partition coefficient (Wildman–Crippen LogP) is -0.457. The van der Waals surface area contributed by atoms with Crippen LogP contribution in [0.2, 0.25) is 0 Å². The number of carbonyl (C=O) groups excluding carboxylic acids is 1. The first kappa shape index (κ1) is 7.95. The van der Waals surface area contributed by atoms with Crippen LogP contribution >= 0.6 is 11.8 Å². The summed E-state index contributed by atoms with van der Waals surface area (Å²) >= 11 is 1.45. The molecule has 4 nitrogen and oxygen atoms in total. The number of hydrogen-bond acceptors (Lipinski definition) is 4. The smallest absolute Gasteiger partial charge is 0.262 e. The zero-order valence-electron chi connectivity index (χ0n) is 5.76. The van der Waals surface area contributed by atoms with Crippen molar-refractivity contribution in [3.8, 4) is 6.07 Å². The van der Waals surface area contributed by atoms with Gasteiger partial charge in [-0.05, 0) is 0 Å². The highest BCUT2D eigenvalue weighted by atomic mass is 32.2. The van der Waals surface area contributed by atoms with Crippen molar-refractivity contribution >= 4 is 17.7 Å². The van der Waals surface area contributed by atoms with E-state index in [0.29, 0.717) is 5.03 Å². The van der Waals surface area contributed by atoms with Crippen molar-refractivity contribution in [1.82, 2.24) is 5.32 Å². The van der Waals surface area contributed by atoms with Crippen LogP contribution in [0.15, 0.2) is 10.6 Å². The fraction of sp³-hybridized carbons (Fsp3) is 0.333. The maximum absolute atomic E-state index is 10.6. The molecule has 1 aliphatic heterocycles. The van der Waals surface area contributed by atoms with Gasteiger partial charge in [0.25, 0.3) is 5.91 Å². The van der Waals surface area contributed by atoms with Crippen LogP contribution < -0.4 is 11.1 Å². The third-order valence-electron chi connectivity index (χ3n) is 1.22. The second-order valence-electron chi connectivity index (χ2n) is 1.96. The topological polar surface area (TPSA) is 78.9 Å². The van der Waals surface area contributed by atoms with E-state index < -0.39 is 5.91 Å². The van der Waals surface area contributed by atoms with Gasteiger partial charge >= 0.3 is 0 Å². The number of nitriles is 1. The summed E-state index contributed by atoms with van der Waals surface area (Å²) in [6.45, 7) is 0.790. The lowest BCUT2D eigenvalue weighted by Crippen LogP contribution is -2.17. The van der Waals surface area contributed by atoms with Gasteiger partial charge in [0, 0.05) is 12.3 Å². The Labute approximate surface area is 68.4 Å². The molecule has 1 rings (SSSR count). The average Bonchev–Trinajstić information content (AvgIpc) is 2.40. The van der Waals surface area contributed by atoms with Crippen LogP contribution in [0, 0.1) is 11.3 Å². The van der Waals surface area contributed by atoms with Crippen LogP contribution in [0.1, 0.15) is 0 Å². The van der Waals surface area contributed by atoms with Gasteiger partial charge in [0.1, 0.15) is 11.6 Å². The number of nitrogens with two attached hydrogens (primary N) is 1. The van der Waals surface area contributed by atoms with E-state index in [1.54, 1.807) is 6.07 Å². The Morgan fingerprint density at radius 1 is 1.82 bits per heavy atom. The van der Waals surface area contributed by atoms with Gasteiger partial charge in [-0.15, -0.1) is 11.8 Å². The van der Waals surface area contributed by atoms with Gasteiger partial charge in [0.2, 0.25) is 0 Å². The Morgan fingerprint density at radius 2 is 2.55 bits per heavy atom. The maximum Gasteiger partial charge on any atom is 0.262 e. The first-order valence-electron chi connectivity index (χ1n) is 3.06. The van der Waals surface area contributed by atoms with Crippen molar-refractivity contribution in [1.29, 1.82) is 5.26 Å². The molecule has 0 aromatic heterocycles. The molecule has 0 atom stereocenters. The minimum Gasteiger partial charge on any atom is -0.378 e. The Balaban J connectivity index is 2.90. The fourth-order valence-corrected chi connectivity index (χ4v) is 1.65. The minimum absolute atomic E-state index is 0.0347. The summed E-state index contributed by atoms with van der Waals surface area (Å²) in [6, 6.07) is 1.77. The van der Waals surface area contributed by atoms with Crippen LogP contribution in [0.25, 0.3) is 0 Å². The van der Waals surface area contributed by atoms with Gasteiger partial charge in [0.15, 0.2) is 0 Å². The first-order chi connectivity index (χ1) is 5.25. The van der Waals surface area contributed by atoms with Crippen LogP contribution in [0.4, 0.5) is 0 Å². The number of thioether (sulfide) groups is 1. The number of amides is 1. The summed E-state index contributed by atoms with van der Waals surface area (Å²) in [4.78, 5) is 10.6. The van der Waals surface area contributed by atoms with E-state index in [0.717, 1.165) is 12.3 Å². The van der Waals surface area contributed by atoms with Gasteiger partial charge in [-0.2, -0.15) is 5.26 Å². The molecule has 0 spiro atoms. The van der Waals surface area contributed by atoms with E-state index in [1.165, 1.54) is 11.8 Å². The molecule has 58 valence electrons. The highest BCUT2D eigenvalue weighted by molar-refractivity contribution is 8.03. The molecule has 11 heavy (non-hydrogen) atoms. The van der Waals surface area contributed by atoms with Gasteiger partial charge in [-0.25, -0.2) is 0 Å². The molecule has 0 saturated carbocycles. The largest absolute Gasteiger partial charge is 0.378 e. The normalized spacial score (nSPS) is 20.3. The van der Waals surface area contributed by atoms with Crippen molar-refractivity contribution in [3.63, 3.8) is 0 Å². The van der Waals surface area contributed by atoms with Crippen molar-refractivity contribution < 1.29 is 4.79 Å². The number of hydrogen-bond donors (Lipinski definition) is 2. The zero-order valence-corrected chi connectivity index (χ0v) is 6.57. The molecule has 1 saturated heterocycles. The van der Waals surface area contributed by atoms with E-state index in [4.69, 9.17) is 11.0 Å². The van der Waals surface area contributed by atoms with Gasteiger partial charge < -0.3 is 11.1 Å². The lowest BCUT2D eigenvalue weighted by molar-refractivity contribution is -0.114. The second kappa shape index (κ2) is 3.30. The molecule has 3 N–H and O–H groups in total. The molecule has 5 heteroatoms. The fourth-order valence-electron chi connectivity index (χ4n) is 0.747. The molecule has 0 aromatic carbocycles. The van der Waals surface area contributed by atoms with Crippen molar-refractivity contribution in [2.24, 2.45) is 5.73 Å². The number of primary amides is 1. The molecule has 0 aliphatic carbocycles. The number of rotatable bonds is 1. The van der Waals surface area contributed by atoms with E-state index in [9.17, 15) is 4.79 Å². The molecular formula is C6H7N3OS. The molecular weight excluding hydrogens is 162 g/mol. The Bertz CT molecular complexity index is 245. The Hall–Kier alpha value is -1.15. The van der Waals surface area contributed by atoms with E-state index in [-0.39, 0.29) is 5.57 Å². The lowest BCUT2D eigenvalue weighted by Gasteiger charge is -1.97. The van der Waals surface area contributed by atoms with Gasteiger partial charge in [-0.1, -0.05) is 0 Å². The third kappa shape index (κ3) is 1.65. The quantitative estimate of drug-likeness (QED) is 0.411. The molecule has 1 amide bonds. The summed E-state index contributed by atoms with van der Waals surface area (Å²) in [5, 5.41) is 12.0. The highest BCUT2D eigenvalue weighted by Crippen LogP contribution is 2.20. The standard InChI is InChI=1S/C6H7N3OS/c7-3-4(5(8)10)6-9-1-2-11-6/h9H,1-2H2,(H2,8,10)/b6-4-. The third-order valence-corrected chi connectivity index (χ3v) is 2.26. The minimum atomic E-state index is -0.663. The number of nitrogens with one attached hydrogen (secondary N) is 1. The summed E-state index contributed by atoms with van der Waals surface area (Å²) in [6.07, 6.45) is 0. The summed E-state index contributed by atoms with van der Waals surface area (Å²) in [5.74, 6) is 0.220. The SMILES string of the molecule is N#C/C(C(N)=O)=C1\NCCS1. The summed E-state index contributed by atoms with van der Waals surface area (Å²) in [5.41, 5.74) is 4.99. The number of nitrogens with zero attached hydrogens (tertiary/aromatic N) is 1. The van der Waals surface area contributed by atoms with Crippen molar-refractivity contribution in [3.05, 3.63) is 10.6 Å².